The highest BCUT2D eigenvalue weighted by Gasteiger charge is 2.38. The van der Waals surface area contributed by atoms with Crippen LogP contribution in [0.2, 0.25) is 5.15 Å². The van der Waals surface area contributed by atoms with Crippen LogP contribution in [0, 0.1) is 0 Å². The van der Waals surface area contributed by atoms with E-state index in [9.17, 15) is 18.0 Å². The molecule has 2 aromatic carbocycles. The highest BCUT2D eigenvalue weighted by atomic mass is 35.5. The lowest BCUT2D eigenvalue weighted by Crippen LogP contribution is -2.42. The standard InChI is InChI=1S/C24H21ClN6O4S/c25-22-17(2-1-11-28-22)23(32)29-15-7-3-13-6-10-19-20(18(13)12-15)21(30-31(19)24(26)33)14-4-8-16(9-5-14)36(27,34)35/h1-5,7-9,11-12,21,30H,6,10H2,(H2,26,33)(H,29,32)(H2,27,34,35). The maximum Gasteiger partial charge on any atom is 0.333 e. The lowest BCUT2D eigenvalue weighted by Gasteiger charge is -2.23. The molecule has 0 fully saturated rings. The van der Waals surface area contributed by atoms with Crippen LogP contribution in [0.5, 0.6) is 0 Å². The molecule has 0 bridgehead atoms. The van der Waals surface area contributed by atoms with Crippen molar-refractivity contribution >= 4 is 44.8 Å². The zero-order valence-corrected chi connectivity index (χ0v) is 20.3. The zero-order valence-electron chi connectivity index (χ0n) is 18.7. The van der Waals surface area contributed by atoms with Crippen molar-refractivity contribution in [2.24, 2.45) is 10.9 Å². The van der Waals surface area contributed by atoms with Gasteiger partial charge in [-0.15, -0.1) is 0 Å². The van der Waals surface area contributed by atoms with E-state index in [-0.39, 0.29) is 15.6 Å². The summed E-state index contributed by atoms with van der Waals surface area (Å²) in [6.07, 6.45) is 2.74. The van der Waals surface area contributed by atoms with Crippen molar-refractivity contribution in [3.8, 4) is 0 Å². The van der Waals surface area contributed by atoms with Crippen LogP contribution in [-0.2, 0) is 16.4 Å². The van der Waals surface area contributed by atoms with Gasteiger partial charge in [-0.3, -0.25) is 4.79 Å². The van der Waals surface area contributed by atoms with E-state index in [0.29, 0.717) is 29.8 Å². The first kappa shape index (κ1) is 23.9. The van der Waals surface area contributed by atoms with Crippen LogP contribution in [0.1, 0.15) is 39.5 Å². The number of hydrazine groups is 1. The fraction of sp³-hybridized carbons (Fsp3) is 0.125. The number of carbonyl (C=O) groups is 2. The van der Waals surface area contributed by atoms with Crippen molar-refractivity contribution in [2.75, 3.05) is 5.32 Å². The average Bonchev–Trinajstić information content (AvgIpc) is 3.24. The molecule has 3 amide bonds. The number of urea groups is 1. The molecule has 0 saturated heterocycles. The van der Waals surface area contributed by atoms with Crippen LogP contribution in [0.3, 0.4) is 0 Å². The van der Waals surface area contributed by atoms with Crippen molar-refractivity contribution in [1.82, 2.24) is 15.4 Å². The van der Waals surface area contributed by atoms with Crippen LogP contribution in [0.15, 0.2) is 71.4 Å². The summed E-state index contributed by atoms with van der Waals surface area (Å²) in [5.41, 5.74) is 13.7. The summed E-state index contributed by atoms with van der Waals surface area (Å²) in [7, 11) is -3.85. The van der Waals surface area contributed by atoms with E-state index in [1.807, 2.05) is 12.1 Å². The first-order valence-corrected chi connectivity index (χ1v) is 12.8. The van der Waals surface area contributed by atoms with Gasteiger partial charge in [0.05, 0.1) is 16.5 Å². The number of sulfonamides is 1. The molecule has 5 rings (SSSR count). The summed E-state index contributed by atoms with van der Waals surface area (Å²) >= 11 is 6.06. The van der Waals surface area contributed by atoms with Crippen molar-refractivity contribution < 1.29 is 18.0 Å². The number of aromatic nitrogens is 1. The third kappa shape index (κ3) is 4.33. The van der Waals surface area contributed by atoms with Crippen LogP contribution in [0.4, 0.5) is 10.5 Å². The van der Waals surface area contributed by atoms with E-state index in [1.165, 1.54) is 23.3 Å². The van der Waals surface area contributed by atoms with Crippen molar-refractivity contribution in [3.05, 3.63) is 93.9 Å². The number of halogens is 1. The number of nitrogens with zero attached hydrogens (tertiary/aromatic N) is 2. The number of hydrogen-bond donors (Lipinski definition) is 4. The fourth-order valence-corrected chi connectivity index (χ4v) is 5.25. The first-order valence-electron chi connectivity index (χ1n) is 10.9. The summed E-state index contributed by atoms with van der Waals surface area (Å²) < 4.78 is 23.4. The molecule has 1 atom stereocenters. The van der Waals surface area contributed by atoms with Crippen molar-refractivity contribution in [1.29, 1.82) is 0 Å². The maximum atomic E-state index is 12.8. The Morgan fingerprint density at radius 3 is 2.53 bits per heavy atom. The molecule has 10 nitrogen and oxygen atoms in total. The number of nitrogens with one attached hydrogen (secondary N) is 2. The van der Waals surface area contributed by atoms with E-state index < -0.39 is 28.0 Å². The number of pyridine rings is 1. The number of primary amides is 1. The number of aryl methyl sites for hydroxylation is 1. The smallest absolute Gasteiger partial charge is 0.333 e. The third-order valence-electron chi connectivity index (χ3n) is 6.18. The normalized spacial score (nSPS) is 16.9. The topological polar surface area (TPSA) is 161 Å². The number of allylic oxidation sites excluding steroid dienone is 1. The number of rotatable bonds is 4. The minimum Gasteiger partial charge on any atom is -0.350 e. The monoisotopic (exact) mass is 524 g/mol. The van der Waals surface area contributed by atoms with Crippen molar-refractivity contribution in [2.45, 2.75) is 23.8 Å². The zero-order chi connectivity index (χ0) is 25.6. The number of anilines is 1. The molecule has 2 aliphatic rings. The van der Waals surface area contributed by atoms with Gasteiger partial charge in [-0.05, 0) is 65.9 Å². The van der Waals surface area contributed by atoms with E-state index >= 15 is 0 Å². The lowest BCUT2D eigenvalue weighted by molar-refractivity contribution is 0.102. The van der Waals surface area contributed by atoms with E-state index in [4.69, 9.17) is 22.5 Å². The molecule has 36 heavy (non-hydrogen) atoms. The summed E-state index contributed by atoms with van der Waals surface area (Å²) in [4.78, 5) is 28.9. The Hall–Kier alpha value is -3.77. The third-order valence-corrected chi connectivity index (χ3v) is 7.41. The Morgan fingerprint density at radius 1 is 1.11 bits per heavy atom. The number of carbonyl (C=O) groups excluding carboxylic acids is 2. The van der Waals surface area contributed by atoms with Gasteiger partial charge in [0.1, 0.15) is 5.15 Å². The molecule has 184 valence electrons. The predicted molar refractivity (Wildman–Crippen MR) is 134 cm³/mol. The van der Waals surface area contributed by atoms with Crippen LogP contribution >= 0.6 is 11.6 Å². The van der Waals surface area contributed by atoms with Crippen LogP contribution in [0.25, 0.3) is 5.57 Å². The van der Waals surface area contributed by atoms with E-state index in [1.54, 1.807) is 30.3 Å². The van der Waals surface area contributed by atoms with Gasteiger partial charge >= 0.3 is 6.03 Å². The molecule has 1 unspecified atom stereocenters. The molecule has 1 aliphatic heterocycles. The number of hydrogen-bond acceptors (Lipinski definition) is 6. The van der Waals surface area contributed by atoms with E-state index in [0.717, 1.165) is 16.7 Å². The fourth-order valence-electron chi connectivity index (χ4n) is 4.53. The van der Waals surface area contributed by atoms with E-state index in [2.05, 4.69) is 15.7 Å². The molecule has 12 heteroatoms. The molecular weight excluding hydrogens is 504 g/mol. The second-order valence-electron chi connectivity index (χ2n) is 8.38. The average molecular weight is 525 g/mol. The Morgan fingerprint density at radius 2 is 1.86 bits per heavy atom. The number of nitrogens with two attached hydrogens (primary N) is 2. The SMILES string of the molecule is NC(=O)N1NC(c2ccc(S(N)(=O)=O)cc2)C2=C1CCc1ccc(NC(=O)c3cccnc3Cl)cc12. The summed E-state index contributed by atoms with van der Waals surface area (Å²) in [5, 5.41) is 9.49. The Kier molecular flexibility index (Phi) is 6.00. The minimum atomic E-state index is -3.85. The van der Waals surface area contributed by atoms with Gasteiger partial charge in [0.2, 0.25) is 10.0 Å². The van der Waals surface area contributed by atoms with Gasteiger partial charge in [-0.25, -0.2) is 33.8 Å². The van der Waals surface area contributed by atoms with Gasteiger partial charge in [0, 0.05) is 23.2 Å². The number of amides is 3. The molecule has 2 heterocycles. The van der Waals surface area contributed by atoms with Gasteiger partial charge in [-0.2, -0.15) is 0 Å². The second-order valence-corrected chi connectivity index (χ2v) is 10.3. The van der Waals surface area contributed by atoms with Gasteiger partial charge < -0.3 is 11.1 Å². The van der Waals surface area contributed by atoms with Gasteiger partial charge in [0.25, 0.3) is 5.91 Å². The Balaban J connectivity index is 1.54. The van der Waals surface area contributed by atoms with Crippen molar-refractivity contribution in [3.63, 3.8) is 0 Å². The highest BCUT2D eigenvalue weighted by Crippen LogP contribution is 2.45. The molecule has 1 aromatic heterocycles. The second kappa shape index (κ2) is 9.03. The molecule has 0 saturated carbocycles. The van der Waals surface area contributed by atoms with Crippen LogP contribution in [-0.4, -0.2) is 30.3 Å². The number of benzene rings is 2. The van der Waals surface area contributed by atoms with Gasteiger partial charge in [-0.1, -0.05) is 29.8 Å². The number of fused-ring (bicyclic) bond motifs is 2. The molecule has 1 aliphatic carbocycles. The van der Waals surface area contributed by atoms with Crippen LogP contribution < -0.4 is 21.6 Å². The Bertz CT molecular complexity index is 1540. The first-order chi connectivity index (χ1) is 17.1. The highest BCUT2D eigenvalue weighted by molar-refractivity contribution is 7.89. The lowest BCUT2D eigenvalue weighted by atomic mass is 9.83. The minimum absolute atomic E-state index is 0.0201. The predicted octanol–water partition coefficient (Wildman–Crippen LogP) is 2.93. The molecular formula is C24H21ClN6O4S. The summed E-state index contributed by atoms with van der Waals surface area (Å²) in [6.45, 7) is 0. The Labute approximate surface area is 212 Å². The molecule has 0 radical (unpaired) electrons. The quantitative estimate of drug-likeness (QED) is 0.384. The maximum absolute atomic E-state index is 12.8. The molecule has 0 spiro atoms. The molecule has 6 N–H and O–H groups in total. The summed E-state index contributed by atoms with van der Waals surface area (Å²) in [5.74, 6) is -0.406. The summed E-state index contributed by atoms with van der Waals surface area (Å²) in [6, 6.07) is 13.7. The molecule has 3 aromatic rings. The van der Waals surface area contributed by atoms with Gasteiger partial charge in [0.15, 0.2) is 0 Å². The number of primary sulfonamides is 1. The largest absolute Gasteiger partial charge is 0.350 e.